The van der Waals surface area contributed by atoms with Crippen molar-refractivity contribution < 1.29 is 39.2 Å². The van der Waals surface area contributed by atoms with Crippen molar-refractivity contribution in [2.75, 3.05) is 6.61 Å². The number of hydrogen-bond donors (Lipinski definition) is 3. The molecule has 0 aliphatic carbocycles. The van der Waals surface area contributed by atoms with Crippen molar-refractivity contribution in [3.05, 3.63) is 12.2 Å². The van der Waals surface area contributed by atoms with E-state index in [0.717, 1.165) is 0 Å². The molecule has 0 aromatic rings. The summed E-state index contributed by atoms with van der Waals surface area (Å²) in [6, 6.07) is 0. The van der Waals surface area contributed by atoms with Crippen molar-refractivity contribution in [3.63, 3.8) is 0 Å². The van der Waals surface area contributed by atoms with Crippen LogP contribution in [0.25, 0.3) is 0 Å². The highest BCUT2D eigenvalue weighted by molar-refractivity contribution is 6.28. The number of rotatable bonds is 10. The second-order valence-corrected chi connectivity index (χ2v) is 4.37. The molecule has 0 fully saturated rings. The van der Waals surface area contributed by atoms with Crippen molar-refractivity contribution in [3.8, 4) is 0 Å². The molecule has 118 valence electrons. The van der Waals surface area contributed by atoms with Crippen LogP contribution in [0.4, 0.5) is 0 Å². The summed E-state index contributed by atoms with van der Waals surface area (Å²) in [5, 5.41) is 25.9. The predicted molar refractivity (Wildman–Crippen MR) is 69.6 cm³/mol. The van der Waals surface area contributed by atoms with E-state index in [1.54, 1.807) is 0 Å². The zero-order chi connectivity index (χ0) is 16.4. The van der Waals surface area contributed by atoms with E-state index in [-0.39, 0.29) is 18.6 Å². The topological polar surface area (TPSA) is 138 Å². The Bertz CT molecular complexity index is 426. The van der Waals surface area contributed by atoms with Crippen molar-refractivity contribution in [2.24, 2.45) is 5.92 Å². The van der Waals surface area contributed by atoms with E-state index in [1.165, 1.54) is 0 Å². The number of unbranched alkanes of at least 4 members (excludes halogenated alkanes) is 3. The molecule has 0 aliphatic rings. The van der Waals surface area contributed by atoms with Gasteiger partial charge in [-0.1, -0.05) is 25.8 Å². The fraction of sp³-hybridized carbons (Fsp3) is 0.538. The van der Waals surface area contributed by atoms with Gasteiger partial charge < -0.3 is 20.1 Å². The van der Waals surface area contributed by atoms with Gasteiger partial charge in [0.25, 0.3) is 0 Å². The molecule has 0 bridgehead atoms. The molecular weight excluding hydrogens is 284 g/mol. The molecular formula is C13H18O8. The Labute approximate surface area is 121 Å². The van der Waals surface area contributed by atoms with Crippen molar-refractivity contribution in [1.29, 1.82) is 0 Å². The first-order valence-corrected chi connectivity index (χ1v) is 6.32. The number of carbonyl (C=O) groups is 4. The highest BCUT2D eigenvalue weighted by Gasteiger charge is 2.24. The number of carboxylic acid groups (broad SMARTS) is 3. The molecule has 8 nitrogen and oxygen atoms in total. The number of carbonyl (C=O) groups excluding carboxylic acids is 1. The van der Waals surface area contributed by atoms with E-state index < -0.39 is 29.8 Å². The molecule has 1 unspecified atom stereocenters. The normalized spacial score (nSPS) is 11.4. The van der Waals surface area contributed by atoms with Gasteiger partial charge in [-0.3, -0.25) is 4.79 Å². The van der Waals surface area contributed by atoms with Crippen molar-refractivity contribution in [1.82, 2.24) is 0 Å². The SMILES string of the molecule is C=C(C(=O)O)C(CCCCCCOC(=O)C(=O)O)C(=O)O. The van der Waals surface area contributed by atoms with Crippen LogP contribution in [0.15, 0.2) is 12.2 Å². The maximum atomic E-state index is 10.9. The fourth-order valence-corrected chi connectivity index (χ4v) is 1.63. The Morgan fingerprint density at radius 3 is 1.95 bits per heavy atom. The second-order valence-electron chi connectivity index (χ2n) is 4.37. The summed E-state index contributed by atoms with van der Waals surface area (Å²) in [5.74, 6) is -6.63. The average Bonchev–Trinajstić information content (AvgIpc) is 2.40. The molecule has 21 heavy (non-hydrogen) atoms. The molecule has 8 heteroatoms. The highest BCUT2D eigenvalue weighted by Crippen LogP contribution is 2.18. The quantitative estimate of drug-likeness (QED) is 0.234. The zero-order valence-electron chi connectivity index (χ0n) is 11.4. The summed E-state index contributed by atoms with van der Waals surface area (Å²) in [7, 11) is 0. The molecule has 0 aromatic heterocycles. The van der Waals surface area contributed by atoms with Crippen LogP contribution in [0, 0.1) is 5.92 Å². The number of aliphatic carboxylic acids is 3. The first-order chi connectivity index (χ1) is 9.77. The van der Waals surface area contributed by atoms with E-state index in [4.69, 9.17) is 15.3 Å². The molecule has 0 amide bonds. The minimum Gasteiger partial charge on any atom is -0.481 e. The molecule has 0 saturated carbocycles. The molecule has 0 spiro atoms. The molecule has 1 atom stereocenters. The van der Waals surface area contributed by atoms with E-state index in [0.29, 0.717) is 25.7 Å². The first-order valence-electron chi connectivity index (χ1n) is 6.32. The standard InChI is InChI=1S/C13H18O8/c1-8(10(14)15)9(11(16)17)6-4-2-3-5-7-21-13(20)12(18)19/h9H,1-7H2,(H,14,15)(H,16,17)(H,18,19). The fourth-order valence-electron chi connectivity index (χ4n) is 1.63. The Balaban J connectivity index is 3.85. The molecule has 3 N–H and O–H groups in total. The van der Waals surface area contributed by atoms with Gasteiger partial charge in [-0.25, -0.2) is 14.4 Å². The van der Waals surface area contributed by atoms with Gasteiger partial charge in [-0.2, -0.15) is 0 Å². The Hall–Kier alpha value is -2.38. The molecule has 0 saturated heterocycles. The third-order valence-electron chi connectivity index (χ3n) is 2.79. The van der Waals surface area contributed by atoms with E-state index >= 15 is 0 Å². The van der Waals surface area contributed by atoms with Crippen LogP contribution in [0.2, 0.25) is 0 Å². The van der Waals surface area contributed by atoms with Crippen molar-refractivity contribution >= 4 is 23.9 Å². The smallest absolute Gasteiger partial charge is 0.417 e. The van der Waals surface area contributed by atoms with Gasteiger partial charge in [-0.05, 0) is 12.8 Å². The minimum absolute atomic E-state index is 0.0185. The zero-order valence-corrected chi connectivity index (χ0v) is 11.4. The lowest BCUT2D eigenvalue weighted by molar-refractivity contribution is -0.163. The molecule has 0 rings (SSSR count). The van der Waals surface area contributed by atoms with E-state index in [9.17, 15) is 19.2 Å². The molecule has 0 aliphatic heterocycles. The monoisotopic (exact) mass is 302 g/mol. The van der Waals surface area contributed by atoms with E-state index in [2.05, 4.69) is 11.3 Å². The van der Waals surface area contributed by atoms with Gasteiger partial charge >= 0.3 is 23.9 Å². The summed E-state index contributed by atoms with van der Waals surface area (Å²) in [5.41, 5.74) is -0.349. The predicted octanol–water partition coefficient (Wildman–Crippen LogP) is 0.906. The average molecular weight is 302 g/mol. The third-order valence-corrected chi connectivity index (χ3v) is 2.79. The van der Waals surface area contributed by atoms with E-state index in [1.807, 2.05) is 0 Å². The lowest BCUT2D eigenvalue weighted by atomic mass is 9.94. The maximum absolute atomic E-state index is 10.9. The van der Waals surface area contributed by atoms with Gasteiger partial charge in [0.05, 0.1) is 12.5 Å². The summed E-state index contributed by atoms with van der Waals surface area (Å²) in [4.78, 5) is 42.3. The number of hydrogen-bond acceptors (Lipinski definition) is 5. The first kappa shape index (κ1) is 18.6. The number of esters is 1. The summed E-state index contributed by atoms with van der Waals surface area (Å²) in [6.45, 7) is 3.23. The summed E-state index contributed by atoms with van der Waals surface area (Å²) < 4.78 is 4.41. The largest absolute Gasteiger partial charge is 0.481 e. The van der Waals surface area contributed by atoms with Gasteiger partial charge in [0.15, 0.2) is 0 Å². The van der Waals surface area contributed by atoms with Gasteiger partial charge in [-0.15, -0.1) is 0 Å². The van der Waals surface area contributed by atoms with Crippen LogP contribution < -0.4 is 0 Å². The molecule has 0 aromatic carbocycles. The lowest BCUT2D eigenvalue weighted by Gasteiger charge is -2.11. The van der Waals surface area contributed by atoms with Crippen LogP contribution >= 0.6 is 0 Å². The van der Waals surface area contributed by atoms with Gasteiger partial charge in [0, 0.05) is 5.57 Å². The van der Waals surface area contributed by atoms with Crippen LogP contribution in [0.3, 0.4) is 0 Å². The summed E-state index contributed by atoms with van der Waals surface area (Å²) >= 11 is 0. The molecule has 0 heterocycles. The molecule has 0 radical (unpaired) electrons. The highest BCUT2D eigenvalue weighted by atomic mass is 16.6. The number of ether oxygens (including phenoxy) is 1. The number of carboxylic acids is 3. The van der Waals surface area contributed by atoms with Gasteiger partial charge in [0.1, 0.15) is 0 Å². The third kappa shape index (κ3) is 7.71. The minimum atomic E-state index is -1.65. The van der Waals surface area contributed by atoms with Crippen LogP contribution in [-0.4, -0.2) is 45.8 Å². The van der Waals surface area contributed by atoms with Crippen LogP contribution in [0.1, 0.15) is 32.1 Å². The summed E-state index contributed by atoms with van der Waals surface area (Å²) in [6.07, 6.45) is 2.32. The van der Waals surface area contributed by atoms with Gasteiger partial charge in [0.2, 0.25) is 0 Å². The van der Waals surface area contributed by atoms with Crippen molar-refractivity contribution in [2.45, 2.75) is 32.1 Å². The van der Waals surface area contributed by atoms with Crippen LogP contribution in [-0.2, 0) is 23.9 Å². The lowest BCUT2D eigenvalue weighted by Crippen LogP contribution is -2.20. The maximum Gasteiger partial charge on any atom is 0.417 e. The second kappa shape index (κ2) is 9.51. The van der Waals surface area contributed by atoms with Crippen LogP contribution in [0.5, 0.6) is 0 Å². The Kier molecular flexibility index (Phi) is 8.43. The Morgan fingerprint density at radius 2 is 1.48 bits per heavy atom. The Morgan fingerprint density at radius 1 is 0.905 bits per heavy atom.